The lowest BCUT2D eigenvalue weighted by Gasteiger charge is -2.13. The third-order valence-corrected chi connectivity index (χ3v) is 4.76. The fourth-order valence-corrected chi connectivity index (χ4v) is 3.65. The van der Waals surface area contributed by atoms with E-state index in [2.05, 4.69) is 4.57 Å². The van der Waals surface area contributed by atoms with Gasteiger partial charge in [0, 0.05) is 28.2 Å². The van der Waals surface area contributed by atoms with Crippen molar-refractivity contribution in [1.29, 1.82) is 0 Å². The van der Waals surface area contributed by atoms with Crippen molar-refractivity contribution < 1.29 is 14.6 Å². The van der Waals surface area contributed by atoms with Crippen LogP contribution in [0, 0.1) is 0 Å². The lowest BCUT2D eigenvalue weighted by Crippen LogP contribution is -2.22. The van der Waals surface area contributed by atoms with Crippen LogP contribution in [-0.4, -0.2) is 22.7 Å². The van der Waals surface area contributed by atoms with Crippen LogP contribution in [0.4, 0.5) is 0 Å². The molecule has 136 valence electrons. The molecule has 0 radical (unpaired) electrons. The van der Waals surface area contributed by atoms with Crippen molar-refractivity contribution in [2.24, 2.45) is 5.73 Å². The normalized spacial score (nSPS) is 12.3. The molecule has 0 spiro atoms. The number of aliphatic hydroxyl groups excluding tert-OH is 1. The Morgan fingerprint density at radius 1 is 1.31 bits per heavy atom. The third-order valence-electron chi connectivity index (χ3n) is 4.53. The first kappa shape index (κ1) is 18.3. The number of rotatable bonds is 6. The van der Waals surface area contributed by atoms with Crippen LogP contribution in [0.1, 0.15) is 29.8 Å². The number of hydrogen-bond donors (Lipinski definition) is 2. The van der Waals surface area contributed by atoms with Gasteiger partial charge in [0.15, 0.2) is 6.10 Å². The van der Waals surface area contributed by atoms with Gasteiger partial charge in [-0.1, -0.05) is 36.7 Å². The summed E-state index contributed by atoms with van der Waals surface area (Å²) in [5, 5.41) is 11.9. The monoisotopic (exact) mass is 372 g/mol. The van der Waals surface area contributed by atoms with E-state index in [0.717, 1.165) is 16.8 Å². The van der Waals surface area contributed by atoms with E-state index in [9.17, 15) is 9.90 Å². The Morgan fingerprint density at radius 2 is 2.04 bits per heavy atom. The highest BCUT2D eigenvalue weighted by molar-refractivity contribution is 6.30. The maximum Gasteiger partial charge on any atom is 0.250 e. The zero-order valence-corrected chi connectivity index (χ0v) is 15.5. The number of amides is 1. The molecule has 0 bridgehead atoms. The quantitative estimate of drug-likeness (QED) is 0.695. The zero-order chi connectivity index (χ0) is 18.8. The number of ether oxygens (including phenoxy) is 1. The lowest BCUT2D eigenvalue weighted by atomic mass is 10.0. The first-order valence-electron chi connectivity index (χ1n) is 8.37. The van der Waals surface area contributed by atoms with Gasteiger partial charge in [0.2, 0.25) is 0 Å². The highest BCUT2D eigenvalue weighted by atomic mass is 35.5. The second-order valence-corrected chi connectivity index (χ2v) is 6.53. The summed E-state index contributed by atoms with van der Waals surface area (Å²) >= 11 is 6.12. The smallest absolute Gasteiger partial charge is 0.250 e. The molecule has 1 heterocycles. The second kappa shape index (κ2) is 7.40. The van der Waals surface area contributed by atoms with E-state index in [-0.39, 0.29) is 0 Å². The summed E-state index contributed by atoms with van der Waals surface area (Å²) in [6, 6.07) is 13.2. The summed E-state index contributed by atoms with van der Waals surface area (Å²) in [5.41, 5.74) is 8.64. The van der Waals surface area contributed by atoms with Crippen LogP contribution in [0.3, 0.4) is 0 Å². The summed E-state index contributed by atoms with van der Waals surface area (Å²) in [6.45, 7) is 2.53. The molecule has 3 rings (SSSR count). The van der Waals surface area contributed by atoms with Crippen molar-refractivity contribution in [3.05, 3.63) is 64.3 Å². The molecule has 3 N–H and O–H groups in total. The van der Waals surface area contributed by atoms with Crippen LogP contribution < -0.4 is 10.5 Å². The molecule has 1 unspecified atom stereocenters. The molecule has 2 aromatic carbocycles. The van der Waals surface area contributed by atoms with Crippen LogP contribution in [-0.2, 0) is 17.8 Å². The molecule has 0 saturated heterocycles. The SMILES string of the molecule is CCc1c(C(O)C(N)=O)c2c(OC)cccc2n1Cc1cccc(Cl)c1. The molecule has 0 aliphatic carbocycles. The molecule has 26 heavy (non-hydrogen) atoms. The van der Waals surface area contributed by atoms with Crippen LogP contribution in [0.15, 0.2) is 42.5 Å². The number of fused-ring (bicyclic) bond motifs is 1. The van der Waals surface area contributed by atoms with Gasteiger partial charge in [-0.15, -0.1) is 0 Å². The van der Waals surface area contributed by atoms with Gasteiger partial charge >= 0.3 is 0 Å². The second-order valence-electron chi connectivity index (χ2n) is 6.09. The van der Waals surface area contributed by atoms with E-state index in [0.29, 0.717) is 34.7 Å². The minimum atomic E-state index is -1.40. The highest BCUT2D eigenvalue weighted by Crippen LogP contribution is 2.38. The molecule has 3 aromatic rings. The maximum absolute atomic E-state index is 11.7. The summed E-state index contributed by atoms with van der Waals surface area (Å²) in [6.07, 6.45) is -0.776. The summed E-state index contributed by atoms with van der Waals surface area (Å²) in [4.78, 5) is 11.7. The first-order chi connectivity index (χ1) is 12.5. The number of methoxy groups -OCH3 is 1. The average Bonchev–Trinajstić information content (AvgIpc) is 2.94. The molecule has 1 amide bonds. The molecular formula is C20H21ClN2O3. The fourth-order valence-electron chi connectivity index (χ4n) is 3.44. The minimum Gasteiger partial charge on any atom is -0.496 e. The number of aromatic nitrogens is 1. The van der Waals surface area contributed by atoms with Gasteiger partial charge in [-0.3, -0.25) is 4.79 Å². The summed E-state index contributed by atoms with van der Waals surface area (Å²) in [7, 11) is 1.56. The number of carbonyl (C=O) groups is 1. The molecule has 0 aliphatic rings. The van der Waals surface area contributed by atoms with Gasteiger partial charge in [0.05, 0.1) is 12.6 Å². The molecule has 0 saturated carbocycles. The first-order valence-corrected chi connectivity index (χ1v) is 8.75. The Hall–Kier alpha value is -2.50. The Morgan fingerprint density at radius 3 is 2.65 bits per heavy atom. The van der Waals surface area contributed by atoms with Gasteiger partial charge < -0.3 is 20.1 Å². The van der Waals surface area contributed by atoms with E-state index in [1.807, 2.05) is 49.4 Å². The average molecular weight is 373 g/mol. The summed E-state index contributed by atoms with van der Waals surface area (Å²) < 4.78 is 7.56. The Bertz CT molecular complexity index is 965. The Labute approximate surface area is 156 Å². The Kier molecular flexibility index (Phi) is 5.20. The van der Waals surface area contributed by atoms with E-state index in [1.54, 1.807) is 7.11 Å². The van der Waals surface area contributed by atoms with Gasteiger partial charge in [0.25, 0.3) is 5.91 Å². The van der Waals surface area contributed by atoms with Crippen LogP contribution >= 0.6 is 11.6 Å². The van der Waals surface area contributed by atoms with Crippen molar-refractivity contribution >= 4 is 28.4 Å². The third kappa shape index (κ3) is 3.16. The minimum absolute atomic E-state index is 0.509. The van der Waals surface area contributed by atoms with Crippen molar-refractivity contribution in [3.63, 3.8) is 0 Å². The lowest BCUT2D eigenvalue weighted by molar-refractivity contribution is -0.126. The predicted molar refractivity (Wildman–Crippen MR) is 103 cm³/mol. The van der Waals surface area contributed by atoms with Crippen LogP contribution in [0.25, 0.3) is 10.9 Å². The number of nitrogens with two attached hydrogens (primary N) is 1. The highest BCUT2D eigenvalue weighted by Gasteiger charge is 2.27. The molecular weight excluding hydrogens is 352 g/mol. The van der Waals surface area contributed by atoms with Crippen molar-refractivity contribution in [2.75, 3.05) is 7.11 Å². The Balaban J connectivity index is 2.30. The zero-order valence-electron chi connectivity index (χ0n) is 14.7. The molecule has 6 heteroatoms. The standard InChI is InChI=1S/C20H21ClN2O3/c1-3-14-18(19(24)20(22)25)17-15(8-5-9-16(17)26-2)23(14)11-12-6-4-7-13(21)10-12/h4-10,19,24H,3,11H2,1-2H3,(H2,22,25). The van der Waals surface area contributed by atoms with Gasteiger partial charge in [-0.25, -0.2) is 0 Å². The van der Waals surface area contributed by atoms with Crippen molar-refractivity contribution in [3.8, 4) is 5.75 Å². The summed E-state index contributed by atoms with van der Waals surface area (Å²) in [5.74, 6) is -0.190. The number of halogens is 1. The van der Waals surface area contributed by atoms with E-state index >= 15 is 0 Å². The fraction of sp³-hybridized carbons (Fsp3) is 0.250. The van der Waals surface area contributed by atoms with Gasteiger partial charge in [0.1, 0.15) is 5.75 Å². The van der Waals surface area contributed by atoms with E-state index < -0.39 is 12.0 Å². The van der Waals surface area contributed by atoms with E-state index in [4.69, 9.17) is 22.1 Å². The van der Waals surface area contributed by atoms with Crippen LogP contribution in [0.5, 0.6) is 5.75 Å². The molecule has 1 atom stereocenters. The van der Waals surface area contributed by atoms with Crippen molar-refractivity contribution in [1.82, 2.24) is 4.57 Å². The molecule has 5 nitrogen and oxygen atoms in total. The molecule has 0 aliphatic heterocycles. The largest absolute Gasteiger partial charge is 0.496 e. The maximum atomic E-state index is 11.7. The van der Waals surface area contributed by atoms with Crippen molar-refractivity contribution in [2.45, 2.75) is 26.0 Å². The predicted octanol–water partition coefficient (Wildman–Crippen LogP) is 3.43. The number of aliphatic hydroxyl groups is 1. The van der Waals surface area contributed by atoms with Crippen LogP contribution in [0.2, 0.25) is 5.02 Å². The molecule has 0 fully saturated rings. The van der Waals surface area contributed by atoms with E-state index in [1.165, 1.54) is 0 Å². The number of hydrogen-bond acceptors (Lipinski definition) is 3. The number of carbonyl (C=O) groups excluding carboxylic acids is 1. The number of nitrogens with zero attached hydrogens (tertiary/aromatic N) is 1. The molecule has 1 aromatic heterocycles. The number of benzene rings is 2. The van der Waals surface area contributed by atoms with Gasteiger partial charge in [-0.2, -0.15) is 0 Å². The topological polar surface area (TPSA) is 77.5 Å². The number of primary amides is 1. The van der Waals surface area contributed by atoms with Gasteiger partial charge in [-0.05, 0) is 36.2 Å².